The molecule has 0 saturated carbocycles. The van der Waals surface area contributed by atoms with E-state index in [1.165, 1.54) is 94.6 Å². The van der Waals surface area contributed by atoms with E-state index in [1.807, 2.05) is 0 Å². The van der Waals surface area contributed by atoms with Gasteiger partial charge in [-0.25, -0.2) is 0 Å². The van der Waals surface area contributed by atoms with Gasteiger partial charge in [-0.15, -0.1) is 0 Å². The van der Waals surface area contributed by atoms with Crippen molar-refractivity contribution in [2.45, 2.75) is 31.6 Å². The Bertz CT molecular complexity index is 3010. The molecule has 2 aliphatic carbocycles. The highest BCUT2D eigenvalue weighted by Crippen LogP contribution is 2.56. The van der Waals surface area contributed by atoms with Crippen LogP contribution in [0.1, 0.15) is 51.8 Å². The molecule has 0 saturated heterocycles. The first kappa shape index (κ1) is 39.6. The van der Waals surface area contributed by atoms with Gasteiger partial charge in [0.25, 0.3) is 0 Å². The molecule has 9 aromatic carbocycles. The van der Waals surface area contributed by atoms with Crippen molar-refractivity contribution in [1.29, 1.82) is 0 Å². The minimum atomic E-state index is -0.325. The van der Waals surface area contributed by atoms with E-state index in [1.54, 1.807) is 0 Å². The predicted molar refractivity (Wildman–Crippen MR) is 267 cm³/mol. The van der Waals surface area contributed by atoms with Crippen LogP contribution in [0.2, 0.25) is 0 Å². The van der Waals surface area contributed by atoms with Crippen LogP contribution < -0.4 is 0 Å². The fourth-order valence-electron chi connectivity index (χ4n) is 9.70. The topological polar surface area (TPSA) is 0 Å². The van der Waals surface area contributed by atoms with Crippen LogP contribution in [-0.2, 0) is 11.8 Å². The molecule has 2 aliphatic rings. The second-order valence-corrected chi connectivity index (χ2v) is 16.9. The van der Waals surface area contributed by atoms with Crippen LogP contribution in [0.4, 0.5) is 0 Å². The molecule has 0 heterocycles. The van der Waals surface area contributed by atoms with Gasteiger partial charge in [-0.2, -0.15) is 0 Å². The molecule has 0 heteroatoms. The molecule has 302 valence electrons. The minimum Gasteiger partial charge on any atom is -0.0655 e. The van der Waals surface area contributed by atoms with Crippen LogP contribution in [0.5, 0.6) is 0 Å². The van der Waals surface area contributed by atoms with Gasteiger partial charge in [0.15, 0.2) is 0 Å². The molecule has 0 fully saturated rings. The Kier molecular flexibility index (Phi) is 11.2. The van der Waals surface area contributed by atoms with Gasteiger partial charge >= 0.3 is 0 Å². The normalized spacial score (nSPS) is 14.9. The lowest BCUT2D eigenvalue weighted by Gasteiger charge is -2.34. The monoisotopic (exact) mass is 806 g/mol. The Morgan fingerprint density at radius 3 is 1.35 bits per heavy atom. The molecule has 1 unspecified atom stereocenters. The Labute approximate surface area is 373 Å². The van der Waals surface area contributed by atoms with Crippen LogP contribution in [0, 0.1) is 6.92 Å². The van der Waals surface area contributed by atoms with Gasteiger partial charge in [0.2, 0.25) is 0 Å². The summed E-state index contributed by atoms with van der Waals surface area (Å²) in [7, 11) is 0. The van der Waals surface area contributed by atoms with Crippen LogP contribution in [-0.4, -0.2) is 0 Å². The van der Waals surface area contributed by atoms with Crippen LogP contribution in [0.25, 0.3) is 50.1 Å². The fraction of sp³-hybridized carbons (Fsp3) is 0.0794. The average molecular weight is 807 g/mol. The van der Waals surface area contributed by atoms with E-state index in [-0.39, 0.29) is 5.41 Å². The van der Waals surface area contributed by atoms with Crippen molar-refractivity contribution >= 4 is 5.57 Å². The summed E-state index contributed by atoms with van der Waals surface area (Å²) in [6.07, 6.45) is 7.92. The molecule has 63 heavy (non-hydrogen) atoms. The van der Waals surface area contributed by atoms with Gasteiger partial charge in [0, 0.05) is 0 Å². The molecule has 0 aliphatic heterocycles. The molecule has 0 aromatic heterocycles. The van der Waals surface area contributed by atoms with E-state index in [0.29, 0.717) is 0 Å². The van der Waals surface area contributed by atoms with Gasteiger partial charge in [-0.3, -0.25) is 0 Å². The number of aryl methyl sites for hydroxylation is 1. The zero-order valence-corrected chi connectivity index (χ0v) is 35.8. The number of rotatable bonds is 8. The van der Waals surface area contributed by atoms with Gasteiger partial charge < -0.3 is 0 Å². The summed E-state index contributed by atoms with van der Waals surface area (Å²) in [6, 6.07) is 85.7. The summed E-state index contributed by atoms with van der Waals surface area (Å²) < 4.78 is 0. The molecular formula is C63H50. The minimum absolute atomic E-state index is 0.325. The van der Waals surface area contributed by atoms with E-state index < -0.39 is 0 Å². The maximum absolute atomic E-state index is 2.38. The molecule has 0 radical (unpaired) electrons. The standard InChI is InChI=1S/C32H24.C31H26/c1-23-16-21-29-28-14-8-9-15-30(28)32(31(29)22-23,26-12-6-3-7-13-26)27-19-17-25(18-20-27)24-10-4-2-5-11-24;1-3-7-26(8-4-1)28-15-11-24(12-16-28)23-25-13-17-29(18-14-25)31-21-19-30(20-22-31)27-9-5-2-6-10-27/h2-22H,1H3;1-13,15-17,19-22H,14,18,23H2. The first-order chi connectivity index (χ1) is 31.1. The largest absolute Gasteiger partial charge is 0.0713 e. The number of hydrogen-bond donors (Lipinski definition) is 0. The molecule has 0 bridgehead atoms. The van der Waals surface area contributed by atoms with Crippen LogP contribution in [0.15, 0.2) is 254 Å². The molecule has 11 rings (SSSR count). The van der Waals surface area contributed by atoms with Crippen molar-refractivity contribution in [2.75, 3.05) is 0 Å². The Balaban J connectivity index is 0.000000150. The number of hydrogen-bond acceptors (Lipinski definition) is 0. The quantitative estimate of drug-likeness (QED) is 0.143. The Morgan fingerprint density at radius 2 is 0.794 bits per heavy atom. The van der Waals surface area contributed by atoms with Crippen molar-refractivity contribution in [3.8, 4) is 44.5 Å². The zero-order valence-electron chi connectivity index (χ0n) is 35.8. The van der Waals surface area contributed by atoms with Crippen molar-refractivity contribution in [2.24, 2.45) is 0 Å². The highest BCUT2D eigenvalue weighted by Gasteiger charge is 2.45. The van der Waals surface area contributed by atoms with E-state index in [4.69, 9.17) is 0 Å². The highest BCUT2D eigenvalue weighted by molar-refractivity contribution is 5.86. The maximum Gasteiger partial charge on any atom is 0.0713 e. The molecule has 0 spiro atoms. The first-order valence-corrected chi connectivity index (χ1v) is 22.2. The van der Waals surface area contributed by atoms with Crippen LogP contribution >= 0.6 is 0 Å². The van der Waals surface area contributed by atoms with E-state index in [9.17, 15) is 0 Å². The third kappa shape index (κ3) is 8.05. The fourth-order valence-corrected chi connectivity index (χ4v) is 9.70. The van der Waals surface area contributed by atoms with E-state index in [0.717, 1.165) is 19.3 Å². The molecule has 0 amide bonds. The lowest BCUT2D eigenvalue weighted by atomic mass is 9.67. The summed E-state index contributed by atoms with van der Waals surface area (Å²) in [6.45, 7) is 2.19. The van der Waals surface area contributed by atoms with Gasteiger partial charge in [0.05, 0.1) is 5.41 Å². The van der Waals surface area contributed by atoms with Gasteiger partial charge in [-0.1, -0.05) is 260 Å². The first-order valence-electron chi connectivity index (χ1n) is 22.2. The number of fused-ring (bicyclic) bond motifs is 3. The Morgan fingerprint density at radius 1 is 0.349 bits per heavy atom. The number of allylic oxidation sites excluding steroid dienone is 4. The van der Waals surface area contributed by atoms with Crippen molar-refractivity contribution in [3.63, 3.8) is 0 Å². The van der Waals surface area contributed by atoms with Gasteiger partial charge in [-0.05, 0) is 110 Å². The summed E-state index contributed by atoms with van der Waals surface area (Å²) >= 11 is 0. The predicted octanol–water partition coefficient (Wildman–Crippen LogP) is 16.4. The summed E-state index contributed by atoms with van der Waals surface area (Å²) in [5.74, 6) is 0. The number of benzene rings is 9. The maximum atomic E-state index is 2.38. The zero-order chi connectivity index (χ0) is 42.4. The second-order valence-electron chi connectivity index (χ2n) is 16.9. The SMILES string of the molecule is C1=C(Cc2ccc(-c3ccccc3)cc2)CCC(c2ccc(-c3ccccc3)cc2)=C1.Cc1ccc2c(c1)C(c1ccccc1)(c1ccc(-c3ccccc3)cc1)c1ccccc1-2. The third-order valence-corrected chi connectivity index (χ3v) is 12.9. The Hall–Kier alpha value is -7.54. The highest BCUT2D eigenvalue weighted by atomic mass is 14.5. The van der Waals surface area contributed by atoms with Crippen molar-refractivity contribution in [1.82, 2.24) is 0 Å². The van der Waals surface area contributed by atoms with E-state index in [2.05, 4.69) is 256 Å². The molecular weight excluding hydrogens is 757 g/mol. The summed E-state index contributed by atoms with van der Waals surface area (Å²) in [4.78, 5) is 0. The summed E-state index contributed by atoms with van der Waals surface area (Å²) in [5, 5.41) is 0. The van der Waals surface area contributed by atoms with Gasteiger partial charge in [0.1, 0.15) is 0 Å². The lowest BCUT2D eigenvalue weighted by molar-refractivity contribution is 0.767. The molecule has 0 N–H and O–H groups in total. The van der Waals surface area contributed by atoms with Crippen molar-refractivity contribution in [3.05, 3.63) is 293 Å². The smallest absolute Gasteiger partial charge is 0.0655 e. The lowest BCUT2D eigenvalue weighted by Crippen LogP contribution is -2.28. The molecule has 9 aromatic rings. The molecule has 0 nitrogen and oxygen atoms in total. The van der Waals surface area contributed by atoms with Crippen molar-refractivity contribution < 1.29 is 0 Å². The average Bonchev–Trinajstić information content (AvgIpc) is 3.66. The van der Waals surface area contributed by atoms with E-state index >= 15 is 0 Å². The third-order valence-electron chi connectivity index (χ3n) is 12.9. The van der Waals surface area contributed by atoms with Crippen LogP contribution in [0.3, 0.4) is 0 Å². The summed E-state index contributed by atoms with van der Waals surface area (Å²) in [5.41, 5.74) is 22.2. The second kappa shape index (κ2) is 17.8. The molecule has 1 atom stereocenters.